The predicted octanol–water partition coefficient (Wildman–Crippen LogP) is 0.418. The van der Waals surface area contributed by atoms with Crippen LogP contribution in [0.2, 0.25) is 5.82 Å². The SMILES string of the molecule is F[B-](F)(F)C1CC(C2CCC2)C1.[K+]. The fourth-order valence-electron chi connectivity index (χ4n) is 2.31. The summed E-state index contributed by atoms with van der Waals surface area (Å²) in [4.78, 5) is 0. The molecule has 70 valence electrons. The van der Waals surface area contributed by atoms with Gasteiger partial charge in [0.15, 0.2) is 0 Å². The van der Waals surface area contributed by atoms with Gasteiger partial charge in [0.2, 0.25) is 0 Å². The average molecular weight is 216 g/mol. The maximum atomic E-state index is 12.1. The topological polar surface area (TPSA) is 0 Å². The molecule has 0 unspecified atom stereocenters. The largest absolute Gasteiger partial charge is 1.00 e. The van der Waals surface area contributed by atoms with E-state index in [9.17, 15) is 12.9 Å². The molecule has 0 aliphatic heterocycles. The van der Waals surface area contributed by atoms with Crippen molar-refractivity contribution in [2.75, 3.05) is 0 Å². The minimum Gasteiger partial charge on any atom is -0.449 e. The molecule has 0 nitrogen and oxygen atoms in total. The number of halogens is 3. The van der Waals surface area contributed by atoms with Gasteiger partial charge >= 0.3 is 58.4 Å². The summed E-state index contributed by atoms with van der Waals surface area (Å²) in [5, 5.41) is 0. The third-order valence-corrected chi connectivity index (χ3v) is 3.56. The standard InChI is InChI=1S/C8H13BF3.K/c10-9(11,12)8-4-7(5-8)6-2-1-3-6;/h6-8H,1-5H2;/q-1;+1. The first kappa shape index (κ1) is 12.6. The molecule has 5 heteroatoms. The van der Waals surface area contributed by atoms with Gasteiger partial charge in [-0.25, -0.2) is 0 Å². The Hall–Kier alpha value is 1.49. The van der Waals surface area contributed by atoms with Gasteiger partial charge in [-0.1, -0.05) is 37.9 Å². The molecule has 0 N–H and O–H groups in total. The molecule has 2 aliphatic carbocycles. The second-order valence-electron chi connectivity index (χ2n) is 4.31. The van der Waals surface area contributed by atoms with E-state index in [1.807, 2.05) is 0 Å². The van der Waals surface area contributed by atoms with Gasteiger partial charge in [0, 0.05) is 0 Å². The molecule has 0 spiro atoms. The van der Waals surface area contributed by atoms with E-state index in [1.165, 1.54) is 19.3 Å². The maximum Gasteiger partial charge on any atom is 1.00 e. The Morgan fingerprint density at radius 3 is 1.77 bits per heavy atom. The fourth-order valence-corrected chi connectivity index (χ4v) is 2.31. The van der Waals surface area contributed by atoms with Crippen LogP contribution in [0.1, 0.15) is 32.1 Å². The summed E-state index contributed by atoms with van der Waals surface area (Å²) in [6.07, 6.45) is 4.48. The molecule has 0 aromatic heterocycles. The van der Waals surface area contributed by atoms with E-state index < -0.39 is 12.8 Å². The molecule has 0 atom stereocenters. The Morgan fingerprint density at radius 1 is 0.923 bits per heavy atom. The molecule has 13 heavy (non-hydrogen) atoms. The van der Waals surface area contributed by atoms with E-state index in [2.05, 4.69) is 0 Å². The summed E-state index contributed by atoms with van der Waals surface area (Å²) in [6.45, 7) is -4.52. The zero-order valence-corrected chi connectivity index (χ0v) is 11.1. The first-order chi connectivity index (χ1) is 5.57. The Balaban J connectivity index is 0.000000845. The maximum absolute atomic E-state index is 12.1. The summed E-state index contributed by atoms with van der Waals surface area (Å²) in [5.74, 6) is 0.169. The summed E-state index contributed by atoms with van der Waals surface area (Å²) >= 11 is 0. The summed E-state index contributed by atoms with van der Waals surface area (Å²) < 4.78 is 36.4. The van der Waals surface area contributed by atoms with E-state index in [0.717, 1.165) is 0 Å². The van der Waals surface area contributed by atoms with Gasteiger partial charge in [0.25, 0.3) is 0 Å². The van der Waals surface area contributed by atoms with Crippen LogP contribution in [-0.4, -0.2) is 6.98 Å². The van der Waals surface area contributed by atoms with Crippen LogP contribution >= 0.6 is 0 Å². The van der Waals surface area contributed by atoms with E-state index >= 15 is 0 Å². The minimum absolute atomic E-state index is 0. The first-order valence-electron chi connectivity index (χ1n) is 4.77. The summed E-state index contributed by atoms with van der Waals surface area (Å²) in [6, 6.07) is 0. The van der Waals surface area contributed by atoms with Crippen LogP contribution in [0.15, 0.2) is 0 Å². The predicted molar refractivity (Wildman–Crippen MR) is 42.9 cm³/mol. The third kappa shape index (κ3) is 2.74. The van der Waals surface area contributed by atoms with Gasteiger partial charge in [-0.15, -0.1) is 0 Å². The van der Waals surface area contributed by atoms with Crippen molar-refractivity contribution >= 4 is 6.98 Å². The Kier molecular flexibility index (Phi) is 4.40. The molecule has 0 radical (unpaired) electrons. The van der Waals surface area contributed by atoms with Crippen molar-refractivity contribution < 1.29 is 64.3 Å². The third-order valence-electron chi connectivity index (χ3n) is 3.56. The Morgan fingerprint density at radius 2 is 1.46 bits per heavy atom. The number of hydrogen-bond acceptors (Lipinski definition) is 0. The van der Waals surface area contributed by atoms with Crippen molar-refractivity contribution in [3.05, 3.63) is 0 Å². The molecule has 0 bridgehead atoms. The zero-order valence-electron chi connectivity index (χ0n) is 7.98. The van der Waals surface area contributed by atoms with Gasteiger partial charge in [-0.2, -0.15) is 0 Å². The van der Waals surface area contributed by atoms with Crippen LogP contribution in [0.5, 0.6) is 0 Å². The smallest absolute Gasteiger partial charge is 0.449 e. The monoisotopic (exact) mass is 216 g/mol. The second kappa shape index (κ2) is 4.56. The fraction of sp³-hybridized carbons (Fsp3) is 1.00. The van der Waals surface area contributed by atoms with Crippen LogP contribution in [0.3, 0.4) is 0 Å². The first-order valence-corrected chi connectivity index (χ1v) is 4.77. The molecule has 2 aliphatic rings. The van der Waals surface area contributed by atoms with E-state index in [-0.39, 0.29) is 51.4 Å². The quantitative estimate of drug-likeness (QED) is 0.587. The van der Waals surface area contributed by atoms with Gasteiger partial charge < -0.3 is 12.9 Å². The average Bonchev–Trinajstić information content (AvgIpc) is 1.67. The van der Waals surface area contributed by atoms with Crippen LogP contribution < -0.4 is 51.4 Å². The van der Waals surface area contributed by atoms with Gasteiger partial charge in [0.05, 0.1) is 0 Å². The molecular formula is C8H13BF3K. The Bertz CT molecular complexity index is 173. The van der Waals surface area contributed by atoms with Gasteiger partial charge in [0.1, 0.15) is 0 Å². The molecule has 0 saturated heterocycles. The van der Waals surface area contributed by atoms with E-state index in [1.54, 1.807) is 0 Å². The van der Waals surface area contributed by atoms with Crippen LogP contribution in [0.25, 0.3) is 0 Å². The van der Waals surface area contributed by atoms with Gasteiger partial charge in [-0.3, -0.25) is 0 Å². The molecule has 0 aromatic carbocycles. The number of hydrogen-bond donors (Lipinski definition) is 0. The number of rotatable bonds is 2. The molecule has 0 heterocycles. The summed E-state index contributed by atoms with van der Waals surface area (Å²) in [5.41, 5.74) is 0. The molecule has 0 amide bonds. The van der Waals surface area contributed by atoms with E-state index in [0.29, 0.717) is 24.7 Å². The van der Waals surface area contributed by atoms with Crippen LogP contribution in [0, 0.1) is 11.8 Å². The zero-order chi connectivity index (χ0) is 8.77. The molecule has 0 aromatic rings. The van der Waals surface area contributed by atoms with Crippen molar-refractivity contribution in [2.24, 2.45) is 11.8 Å². The van der Waals surface area contributed by atoms with Crippen molar-refractivity contribution in [2.45, 2.75) is 37.9 Å². The molecule has 2 rings (SSSR count). The molecule has 2 fully saturated rings. The van der Waals surface area contributed by atoms with Crippen LogP contribution in [-0.2, 0) is 0 Å². The van der Waals surface area contributed by atoms with Crippen LogP contribution in [0.4, 0.5) is 12.9 Å². The van der Waals surface area contributed by atoms with Crippen molar-refractivity contribution in [3.8, 4) is 0 Å². The van der Waals surface area contributed by atoms with Crippen molar-refractivity contribution in [1.29, 1.82) is 0 Å². The summed E-state index contributed by atoms with van der Waals surface area (Å²) in [7, 11) is 0. The molecular weight excluding hydrogens is 203 g/mol. The van der Waals surface area contributed by atoms with E-state index in [4.69, 9.17) is 0 Å². The normalized spacial score (nSPS) is 34.4. The Labute approximate surface area is 120 Å². The van der Waals surface area contributed by atoms with Crippen molar-refractivity contribution in [3.63, 3.8) is 0 Å². The molecule has 2 saturated carbocycles. The minimum atomic E-state index is -4.52. The second-order valence-corrected chi connectivity index (χ2v) is 4.31. The van der Waals surface area contributed by atoms with Crippen molar-refractivity contribution in [1.82, 2.24) is 0 Å². The van der Waals surface area contributed by atoms with Gasteiger partial charge in [-0.05, 0) is 11.8 Å².